The fraction of sp³-hybridized carbons (Fsp3) is 0.562. The third-order valence-electron chi connectivity index (χ3n) is 4.42. The Labute approximate surface area is 146 Å². The Kier molecular flexibility index (Phi) is 5.69. The summed E-state index contributed by atoms with van der Waals surface area (Å²) in [7, 11) is 0. The first kappa shape index (κ1) is 16.9. The van der Waals surface area contributed by atoms with Crippen molar-refractivity contribution in [1.82, 2.24) is 10.2 Å². The monoisotopic (exact) mass is 355 g/mol. The SMILES string of the molecule is O=C(NC[C@@]1(N2CCOCC2)CCSC1)Nc1cccc(Cl)c1. The van der Waals surface area contributed by atoms with Crippen molar-refractivity contribution in [2.24, 2.45) is 0 Å². The molecule has 126 valence electrons. The molecule has 2 fully saturated rings. The van der Waals surface area contributed by atoms with E-state index in [1.807, 2.05) is 23.9 Å². The molecule has 2 aliphatic heterocycles. The number of hydrogen-bond donors (Lipinski definition) is 2. The quantitative estimate of drug-likeness (QED) is 0.871. The lowest BCUT2D eigenvalue weighted by atomic mass is 9.95. The summed E-state index contributed by atoms with van der Waals surface area (Å²) in [5.41, 5.74) is 0.761. The number of ether oxygens (including phenoxy) is 1. The van der Waals surface area contributed by atoms with Crippen LogP contribution in [0.2, 0.25) is 5.02 Å². The summed E-state index contributed by atoms with van der Waals surface area (Å²) >= 11 is 7.90. The van der Waals surface area contributed by atoms with Crippen molar-refractivity contribution < 1.29 is 9.53 Å². The van der Waals surface area contributed by atoms with Crippen LogP contribution in [-0.4, -0.2) is 60.8 Å². The molecule has 3 rings (SSSR count). The van der Waals surface area contributed by atoms with Gasteiger partial charge in [-0.25, -0.2) is 4.79 Å². The van der Waals surface area contributed by atoms with Gasteiger partial charge in [0.25, 0.3) is 0 Å². The van der Waals surface area contributed by atoms with Crippen molar-refractivity contribution in [3.05, 3.63) is 29.3 Å². The summed E-state index contributed by atoms with van der Waals surface area (Å²) in [6, 6.07) is 6.99. The van der Waals surface area contributed by atoms with Crippen molar-refractivity contribution in [2.45, 2.75) is 12.0 Å². The minimum Gasteiger partial charge on any atom is -0.379 e. The molecule has 1 aromatic rings. The van der Waals surface area contributed by atoms with Gasteiger partial charge in [0.1, 0.15) is 0 Å². The number of amides is 2. The zero-order chi connectivity index (χ0) is 16.1. The van der Waals surface area contributed by atoms with Crippen LogP contribution < -0.4 is 10.6 Å². The van der Waals surface area contributed by atoms with Gasteiger partial charge in [0.2, 0.25) is 0 Å². The normalized spacial score (nSPS) is 25.3. The van der Waals surface area contributed by atoms with Crippen molar-refractivity contribution >= 4 is 35.1 Å². The van der Waals surface area contributed by atoms with Crippen LogP contribution in [-0.2, 0) is 4.74 Å². The Hall–Kier alpha value is -0.950. The molecule has 23 heavy (non-hydrogen) atoms. The third kappa shape index (κ3) is 4.32. The first-order valence-corrected chi connectivity index (χ1v) is 9.42. The van der Waals surface area contributed by atoms with E-state index in [2.05, 4.69) is 15.5 Å². The molecule has 2 saturated heterocycles. The van der Waals surface area contributed by atoms with E-state index in [1.165, 1.54) is 0 Å². The molecular weight excluding hydrogens is 334 g/mol. The molecule has 0 aliphatic carbocycles. The van der Waals surface area contributed by atoms with Crippen molar-refractivity contribution in [2.75, 3.05) is 49.7 Å². The second kappa shape index (κ2) is 7.75. The average molecular weight is 356 g/mol. The van der Waals surface area contributed by atoms with E-state index in [0.29, 0.717) is 17.3 Å². The minimum atomic E-state index is -0.184. The number of benzene rings is 1. The van der Waals surface area contributed by atoms with Crippen molar-refractivity contribution in [3.63, 3.8) is 0 Å². The highest BCUT2D eigenvalue weighted by Gasteiger charge is 2.40. The number of urea groups is 1. The summed E-state index contributed by atoms with van der Waals surface area (Å²) < 4.78 is 5.46. The van der Waals surface area contributed by atoms with E-state index in [0.717, 1.165) is 44.2 Å². The number of hydrogen-bond acceptors (Lipinski definition) is 4. The van der Waals surface area contributed by atoms with Crippen LogP contribution in [0.4, 0.5) is 10.5 Å². The van der Waals surface area contributed by atoms with Gasteiger partial charge in [-0.1, -0.05) is 17.7 Å². The molecule has 0 saturated carbocycles. The van der Waals surface area contributed by atoms with Crippen LogP contribution in [0, 0.1) is 0 Å². The van der Waals surface area contributed by atoms with Crippen LogP contribution in [0.3, 0.4) is 0 Å². The van der Waals surface area contributed by atoms with Gasteiger partial charge >= 0.3 is 6.03 Å². The van der Waals surface area contributed by atoms with Gasteiger partial charge < -0.3 is 15.4 Å². The number of thioether (sulfide) groups is 1. The molecule has 0 aromatic heterocycles. The predicted octanol–water partition coefficient (Wildman–Crippen LogP) is 2.67. The zero-order valence-electron chi connectivity index (χ0n) is 13.0. The van der Waals surface area contributed by atoms with Gasteiger partial charge in [0.05, 0.1) is 13.2 Å². The van der Waals surface area contributed by atoms with E-state index >= 15 is 0 Å². The number of nitrogens with zero attached hydrogens (tertiary/aromatic N) is 1. The number of morpholine rings is 1. The van der Waals surface area contributed by atoms with Crippen molar-refractivity contribution in [3.8, 4) is 0 Å². The molecule has 0 unspecified atom stereocenters. The highest BCUT2D eigenvalue weighted by molar-refractivity contribution is 7.99. The summed E-state index contributed by atoms with van der Waals surface area (Å²) in [5, 5.41) is 6.49. The van der Waals surface area contributed by atoms with Gasteiger partial charge in [-0.15, -0.1) is 0 Å². The molecule has 5 nitrogen and oxygen atoms in total. The number of carbonyl (C=O) groups is 1. The second-order valence-corrected chi connectivity index (χ2v) is 7.49. The zero-order valence-corrected chi connectivity index (χ0v) is 14.6. The average Bonchev–Trinajstić information content (AvgIpc) is 3.04. The number of anilines is 1. The molecule has 0 spiro atoms. The Morgan fingerprint density at radius 1 is 1.39 bits per heavy atom. The van der Waals surface area contributed by atoms with Gasteiger partial charge in [-0.2, -0.15) is 11.8 Å². The van der Waals surface area contributed by atoms with Crippen molar-refractivity contribution in [1.29, 1.82) is 0 Å². The lowest BCUT2D eigenvalue weighted by molar-refractivity contribution is -0.0123. The Balaban J connectivity index is 1.57. The van der Waals surface area contributed by atoms with E-state index in [1.54, 1.807) is 12.1 Å². The highest BCUT2D eigenvalue weighted by atomic mass is 35.5. The summed E-state index contributed by atoms with van der Waals surface area (Å²) in [6.45, 7) is 4.10. The molecule has 2 aliphatic rings. The van der Waals surface area contributed by atoms with Gasteiger partial charge in [-0.3, -0.25) is 4.90 Å². The lowest BCUT2D eigenvalue weighted by Gasteiger charge is -2.43. The first-order valence-electron chi connectivity index (χ1n) is 7.89. The van der Waals surface area contributed by atoms with Crippen LogP contribution >= 0.6 is 23.4 Å². The van der Waals surface area contributed by atoms with E-state index in [4.69, 9.17) is 16.3 Å². The fourth-order valence-corrected chi connectivity index (χ4v) is 4.79. The van der Waals surface area contributed by atoms with Crippen LogP contribution in [0.25, 0.3) is 0 Å². The van der Waals surface area contributed by atoms with Crippen LogP contribution in [0.1, 0.15) is 6.42 Å². The number of nitrogens with one attached hydrogen (secondary N) is 2. The molecule has 2 heterocycles. The molecular formula is C16H22ClN3O2S. The number of rotatable bonds is 4. The second-order valence-electron chi connectivity index (χ2n) is 5.94. The molecule has 0 radical (unpaired) electrons. The number of halogens is 1. The minimum absolute atomic E-state index is 0.0557. The number of carbonyl (C=O) groups excluding carboxylic acids is 1. The van der Waals surface area contributed by atoms with Gasteiger partial charge in [-0.05, 0) is 30.4 Å². The summed E-state index contributed by atoms with van der Waals surface area (Å²) in [5.74, 6) is 2.21. The van der Waals surface area contributed by atoms with E-state index in [-0.39, 0.29) is 11.6 Å². The van der Waals surface area contributed by atoms with Gasteiger partial charge in [0, 0.05) is 41.6 Å². The maximum absolute atomic E-state index is 12.2. The lowest BCUT2D eigenvalue weighted by Crippen LogP contribution is -2.59. The topological polar surface area (TPSA) is 53.6 Å². The summed E-state index contributed by atoms with van der Waals surface area (Å²) in [6.07, 6.45) is 1.11. The van der Waals surface area contributed by atoms with E-state index < -0.39 is 0 Å². The van der Waals surface area contributed by atoms with Gasteiger partial charge in [0.15, 0.2) is 0 Å². The maximum atomic E-state index is 12.2. The smallest absolute Gasteiger partial charge is 0.319 e. The molecule has 1 aromatic carbocycles. The first-order chi connectivity index (χ1) is 11.2. The molecule has 1 atom stereocenters. The standard InChI is InChI=1S/C16H22ClN3O2S/c17-13-2-1-3-14(10-13)19-15(21)18-11-16(4-9-23-12-16)20-5-7-22-8-6-20/h1-3,10H,4-9,11-12H2,(H2,18,19,21)/t16-/m0/s1. The Bertz CT molecular complexity index is 546. The molecule has 2 amide bonds. The van der Waals surface area contributed by atoms with Crippen LogP contribution in [0.5, 0.6) is 0 Å². The molecule has 7 heteroatoms. The maximum Gasteiger partial charge on any atom is 0.319 e. The van der Waals surface area contributed by atoms with E-state index in [9.17, 15) is 4.79 Å². The summed E-state index contributed by atoms with van der Waals surface area (Å²) in [4.78, 5) is 14.7. The molecule has 2 N–H and O–H groups in total. The largest absolute Gasteiger partial charge is 0.379 e. The van der Waals surface area contributed by atoms with Crippen LogP contribution in [0.15, 0.2) is 24.3 Å². The molecule has 0 bridgehead atoms. The Morgan fingerprint density at radius 2 is 2.22 bits per heavy atom. The highest BCUT2D eigenvalue weighted by Crippen LogP contribution is 2.33. The fourth-order valence-electron chi connectivity index (χ4n) is 3.12. The Morgan fingerprint density at radius 3 is 2.91 bits per heavy atom. The third-order valence-corrected chi connectivity index (χ3v) is 5.89. The predicted molar refractivity (Wildman–Crippen MR) is 95.5 cm³/mol.